The van der Waals surface area contributed by atoms with E-state index in [1.807, 2.05) is 0 Å². The molecule has 3 aromatic carbocycles. The van der Waals surface area contributed by atoms with E-state index in [-0.39, 0.29) is 50.7 Å². The summed E-state index contributed by atoms with van der Waals surface area (Å²) in [5.74, 6) is -7.36. The smallest absolute Gasteiger partial charge is 0.871 e. The van der Waals surface area contributed by atoms with Gasteiger partial charge in [0, 0.05) is 16.7 Å². The second kappa shape index (κ2) is 15.4. The van der Waals surface area contributed by atoms with Crippen LogP contribution in [-0.2, 0) is 0 Å². The second-order valence-electron chi connectivity index (χ2n) is 7.63. The van der Waals surface area contributed by atoms with Crippen LogP contribution in [0.3, 0.4) is 0 Å². The number of Topliss-reactive ketones (excluding diaryl/α,β-unsaturated/α-hetero) is 3. The summed E-state index contributed by atoms with van der Waals surface area (Å²) >= 11 is 0. The van der Waals surface area contributed by atoms with Crippen LogP contribution in [0.1, 0.15) is 82.9 Å². The zero-order valence-corrected chi connectivity index (χ0v) is 22.4. The van der Waals surface area contributed by atoms with Crippen LogP contribution in [-0.4, -0.2) is 67.9 Å². The van der Waals surface area contributed by atoms with Crippen LogP contribution in [0.4, 0.5) is 0 Å². The maximum Gasteiger partial charge on any atom is 3.00 e. The predicted octanol–water partition coefficient (Wildman–Crippen LogP) is 1.60. The van der Waals surface area contributed by atoms with Gasteiger partial charge < -0.3 is 30.6 Å². The zero-order chi connectivity index (χ0) is 30.0. The number of rotatable bonds is 6. The van der Waals surface area contributed by atoms with Gasteiger partial charge in [-0.2, -0.15) is 0 Å². The molecule has 12 nitrogen and oxygen atoms in total. The standard InChI is InChI=1S/3C9H8O4.Al/c3*1-5(10)6-3-2-4-7(8(6)11)9(12)13;/h3*2-4,11H,1H3,(H,12,13);/q;;;+3/p-3. The van der Waals surface area contributed by atoms with Crippen molar-refractivity contribution < 1.29 is 59.4 Å². The zero-order valence-electron chi connectivity index (χ0n) is 21.3. The molecule has 0 aliphatic carbocycles. The monoisotopic (exact) mass is 564 g/mol. The molecule has 3 N–H and O–H groups in total. The van der Waals surface area contributed by atoms with Gasteiger partial charge in [-0.25, -0.2) is 14.4 Å². The molecule has 0 aromatic heterocycles. The molecule has 0 heterocycles. The molecule has 0 bridgehead atoms. The van der Waals surface area contributed by atoms with Crippen molar-refractivity contribution in [1.29, 1.82) is 0 Å². The van der Waals surface area contributed by atoms with Crippen LogP contribution in [0, 0.1) is 0 Å². The Bertz CT molecular complexity index is 1190. The number of carbonyl (C=O) groups is 6. The van der Waals surface area contributed by atoms with Crippen molar-refractivity contribution in [3.05, 3.63) is 88.0 Å². The molecule has 40 heavy (non-hydrogen) atoms. The minimum atomic E-state index is -1.31. The Morgan fingerprint density at radius 3 is 0.775 bits per heavy atom. The summed E-state index contributed by atoms with van der Waals surface area (Å²) in [6.07, 6.45) is 0. The normalized spacial score (nSPS) is 9.38. The first-order valence-electron chi connectivity index (χ1n) is 10.7. The largest absolute Gasteiger partial charge is 3.00 e. The van der Waals surface area contributed by atoms with Gasteiger partial charge >= 0.3 is 35.3 Å². The van der Waals surface area contributed by atoms with Gasteiger partial charge in [0.1, 0.15) is 0 Å². The Morgan fingerprint density at radius 1 is 0.450 bits per heavy atom. The molecule has 0 fully saturated rings. The van der Waals surface area contributed by atoms with Crippen LogP contribution < -0.4 is 15.3 Å². The van der Waals surface area contributed by atoms with E-state index in [0.29, 0.717) is 0 Å². The van der Waals surface area contributed by atoms with Crippen molar-refractivity contribution in [2.45, 2.75) is 20.8 Å². The van der Waals surface area contributed by atoms with Crippen LogP contribution >= 0.6 is 0 Å². The first-order chi connectivity index (χ1) is 18.1. The number of benzene rings is 3. The van der Waals surface area contributed by atoms with E-state index in [1.54, 1.807) is 0 Å². The molecule has 0 amide bonds. The molecule has 0 aliphatic rings. The molecule has 3 rings (SSSR count). The van der Waals surface area contributed by atoms with Gasteiger partial charge in [-0.3, -0.25) is 14.4 Å². The van der Waals surface area contributed by atoms with Crippen molar-refractivity contribution in [3.63, 3.8) is 0 Å². The van der Waals surface area contributed by atoms with Gasteiger partial charge in [0.2, 0.25) is 0 Å². The quantitative estimate of drug-likeness (QED) is 0.286. The van der Waals surface area contributed by atoms with Gasteiger partial charge in [0.05, 0.1) is 16.7 Å². The fourth-order valence-corrected chi connectivity index (χ4v) is 2.95. The molecule has 0 saturated heterocycles. The van der Waals surface area contributed by atoms with Crippen molar-refractivity contribution >= 4 is 52.6 Å². The number of carboxylic acid groups (broad SMARTS) is 3. The van der Waals surface area contributed by atoms with E-state index in [1.165, 1.54) is 75.4 Å². The Hall–Kier alpha value is -4.99. The Labute approximate surface area is 237 Å². The molecule has 0 saturated carbocycles. The molecule has 3 aromatic rings. The van der Waals surface area contributed by atoms with Gasteiger partial charge in [0.15, 0.2) is 17.3 Å². The summed E-state index contributed by atoms with van der Waals surface area (Å²) in [5.41, 5.74) is -1.35. The van der Waals surface area contributed by atoms with Gasteiger partial charge in [0.25, 0.3) is 0 Å². The first-order valence-corrected chi connectivity index (χ1v) is 10.7. The summed E-state index contributed by atoms with van der Waals surface area (Å²) in [5, 5.41) is 59.4. The molecule has 0 aliphatic heterocycles. The summed E-state index contributed by atoms with van der Waals surface area (Å²) in [6, 6.07) is 11.6. The number of carbonyl (C=O) groups excluding carboxylic acids is 3. The fourth-order valence-electron chi connectivity index (χ4n) is 2.95. The third kappa shape index (κ3) is 9.09. The van der Waals surface area contributed by atoms with Crippen molar-refractivity contribution in [1.82, 2.24) is 0 Å². The number of carboxylic acids is 3. The molecule has 0 unspecified atom stereocenters. The average molecular weight is 564 g/mol. The minimum Gasteiger partial charge on any atom is -0.871 e. The summed E-state index contributed by atoms with van der Waals surface area (Å²) < 4.78 is 0. The first kappa shape index (κ1) is 35.0. The van der Waals surface area contributed by atoms with Crippen LogP contribution in [0.15, 0.2) is 54.6 Å². The summed E-state index contributed by atoms with van der Waals surface area (Å²) in [7, 11) is 0. The van der Waals surface area contributed by atoms with Crippen molar-refractivity contribution in [3.8, 4) is 17.2 Å². The molecule has 13 heteroatoms. The van der Waals surface area contributed by atoms with Gasteiger partial charge in [-0.05, 0) is 39.0 Å². The molecular weight excluding hydrogens is 543 g/mol. The number of hydrogen-bond acceptors (Lipinski definition) is 9. The van der Waals surface area contributed by atoms with E-state index in [4.69, 9.17) is 15.3 Å². The molecular formula is C27H21AlO12. The van der Waals surface area contributed by atoms with Crippen LogP contribution in [0.25, 0.3) is 0 Å². The van der Waals surface area contributed by atoms with E-state index in [2.05, 4.69) is 0 Å². The van der Waals surface area contributed by atoms with Crippen molar-refractivity contribution in [2.24, 2.45) is 0 Å². The number of aromatic carboxylic acids is 3. The van der Waals surface area contributed by atoms with Crippen molar-refractivity contribution in [2.75, 3.05) is 0 Å². The average Bonchev–Trinajstić information content (AvgIpc) is 2.84. The topological polar surface area (TPSA) is 232 Å². The second-order valence-corrected chi connectivity index (χ2v) is 7.63. The van der Waals surface area contributed by atoms with E-state index < -0.39 is 52.5 Å². The number of hydrogen-bond donors (Lipinski definition) is 3. The van der Waals surface area contributed by atoms with E-state index >= 15 is 0 Å². The number of ketones is 3. The fraction of sp³-hybridized carbons (Fsp3) is 0.111. The maximum atomic E-state index is 11.3. The number of para-hydroxylation sites is 3. The van der Waals surface area contributed by atoms with Gasteiger partial charge in [-0.1, -0.05) is 53.6 Å². The minimum absolute atomic E-state index is 0. The summed E-state index contributed by atoms with van der Waals surface area (Å²) in [6.45, 7) is 3.67. The summed E-state index contributed by atoms with van der Waals surface area (Å²) in [4.78, 5) is 64.0. The third-order valence-electron chi connectivity index (χ3n) is 4.87. The predicted molar refractivity (Wildman–Crippen MR) is 134 cm³/mol. The Morgan fingerprint density at radius 2 is 0.625 bits per heavy atom. The molecule has 0 spiro atoms. The maximum absolute atomic E-state index is 11.3. The van der Waals surface area contributed by atoms with Crippen LogP contribution in [0.5, 0.6) is 17.2 Å². The molecule has 204 valence electrons. The van der Waals surface area contributed by atoms with Gasteiger partial charge in [-0.15, -0.1) is 0 Å². The Kier molecular flexibility index (Phi) is 13.5. The molecule has 0 atom stereocenters. The Balaban J connectivity index is 0.000000563. The third-order valence-corrected chi connectivity index (χ3v) is 4.87. The molecule has 0 radical (unpaired) electrons. The van der Waals surface area contributed by atoms with Crippen LogP contribution in [0.2, 0.25) is 0 Å². The SMILES string of the molecule is CC(=O)c1cccc(C(=O)O)c1[O-].CC(=O)c1cccc(C(=O)O)c1[O-].CC(=O)c1cccc(C(=O)O)c1[O-].[Al+3]. The van der Waals surface area contributed by atoms with E-state index in [9.17, 15) is 44.1 Å². The van der Waals surface area contributed by atoms with E-state index in [0.717, 1.165) is 0 Å².